The lowest BCUT2D eigenvalue weighted by molar-refractivity contribution is 0.183. The molecule has 6 heterocycles. The Morgan fingerprint density at radius 3 is 1.06 bits per heavy atom. The number of benzene rings is 6. The van der Waals surface area contributed by atoms with Crippen LogP contribution in [0.1, 0.15) is 39.0 Å². The molecule has 12 aromatic rings. The zero-order chi connectivity index (χ0) is 66.0. The van der Waals surface area contributed by atoms with Crippen molar-refractivity contribution in [3.8, 4) is 68.3 Å². The summed E-state index contributed by atoms with van der Waals surface area (Å²) in [5.41, 5.74) is 16.6. The minimum Gasteiger partial charge on any atom is -0.497 e. The second kappa shape index (κ2) is 29.4. The fraction of sp³-hybridized carbons (Fsp3) is 0.301. The number of hydrogen-bond donors (Lipinski definition) is 0. The van der Waals surface area contributed by atoms with E-state index in [2.05, 4.69) is 88.3 Å². The van der Waals surface area contributed by atoms with Crippen molar-refractivity contribution >= 4 is 67.2 Å². The molecule has 0 saturated heterocycles. The number of methoxy groups -OCH3 is 7. The van der Waals surface area contributed by atoms with Crippen LogP contribution in [0.3, 0.4) is 0 Å². The van der Waals surface area contributed by atoms with Crippen LogP contribution >= 0.6 is 0 Å². The molecule has 0 unspecified atom stereocenters. The molecule has 0 atom stereocenters. The molecule has 2 fully saturated rings. The molecule has 0 amide bonds. The van der Waals surface area contributed by atoms with Gasteiger partial charge in [0.25, 0.3) is 0 Å². The molecule has 2 aliphatic rings. The molecule has 488 valence electrons. The first kappa shape index (κ1) is 64.2. The monoisotopic (exact) mass is 1280 g/mol. The summed E-state index contributed by atoms with van der Waals surface area (Å²) >= 11 is 0. The maximum Gasteiger partial charge on any atom is 0.124 e. The Morgan fingerprint density at radius 2 is 0.737 bits per heavy atom. The minimum atomic E-state index is 0.611. The standard InChI is InChI=1S/C26H29N5O3.C24H25N5O2.C23H25N5O2/c1-32-9-8-30-17-19(14-28-30)26-15-27-24-7-6-20(12-25(24)29-26)31(16-18-4-5-18)21-10-22(33-2)13-23(11-21)34-3;1-28-15-17(12-26-28)24-13-25-22-7-6-18(10-23(22)27-24)29(14-16-4-5-16)19-8-20(30-2)11-21(9-19)31-3;1-5-8-28(18-9-19(29-3)12-20(10-18)30-4)17-6-7-21-22(11-17)26-23(14-24-21)16-13-25-27(2)15-16/h6-7,10-15,17-18H,4-5,8-9,16H2,1-3H3;6-13,15-16H,4-5,14H2,1-3H3;6-7,9-15H,5,8H2,1-4H3. The number of nitrogens with zero attached hydrogens (tertiary/aromatic N) is 15. The van der Waals surface area contributed by atoms with Gasteiger partial charge >= 0.3 is 0 Å². The van der Waals surface area contributed by atoms with E-state index in [9.17, 15) is 0 Å². The maximum absolute atomic E-state index is 5.52. The third-order valence-electron chi connectivity index (χ3n) is 16.6. The highest BCUT2D eigenvalue weighted by atomic mass is 16.5. The number of hydrogen-bond acceptors (Lipinski definition) is 19. The van der Waals surface area contributed by atoms with Gasteiger partial charge < -0.3 is 47.9 Å². The second-order valence-electron chi connectivity index (χ2n) is 23.5. The Hall–Kier alpha value is -10.9. The predicted octanol–water partition coefficient (Wildman–Crippen LogP) is 13.9. The normalized spacial score (nSPS) is 12.6. The fourth-order valence-corrected chi connectivity index (χ4v) is 11.1. The van der Waals surface area contributed by atoms with Gasteiger partial charge in [-0.3, -0.25) is 29.0 Å². The van der Waals surface area contributed by atoms with Gasteiger partial charge in [0, 0.05) is 165 Å². The molecule has 22 heteroatoms. The number of fused-ring (bicyclic) bond motifs is 3. The Kier molecular flexibility index (Phi) is 19.9. The highest BCUT2D eigenvalue weighted by Crippen LogP contribution is 2.42. The number of aromatic nitrogens is 12. The van der Waals surface area contributed by atoms with Gasteiger partial charge in [0.1, 0.15) is 34.5 Å². The van der Waals surface area contributed by atoms with Gasteiger partial charge in [0.2, 0.25) is 0 Å². The van der Waals surface area contributed by atoms with Crippen LogP contribution in [-0.4, -0.2) is 135 Å². The Morgan fingerprint density at radius 1 is 0.389 bits per heavy atom. The van der Waals surface area contributed by atoms with Crippen molar-refractivity contribution in [2.45, 2.75) is 45.6 Å². The summed E-state index contributed by atoms with van der Waals surface area (Å²) < 4.78 is 43.5. The molecule has 0 spiro atoms. The molecule has 14 rings (SSSR count). The summed E-state index contributed by atoms with van der Waals surface area (Å²) in [6, 6.07) is 36.5. The molecule has 2 saturated carbocycles. The third-order valence-corrected chi connectivity index (χ3v) is 16.6. The van der Waals surface area contributed by atoms with Crippen LogP contribution in [0.25, 0.3) is 66.9 Å². The van der Waals surface area contributed by atoms with Gasteiger partial charge in [-0.05, 0) is 98.5 Å². The van der Waals surface area contributed by atoms with E-state index in [0.717, 1.165) is 162 Å². The highest BCUT2D eigenvalue weighted by molar-refractivity contribution is 5.86. The van der Waals surface area contributed by atoms with Crippen LogP contribution in [0.4, 0.5) is 34.1 Å². The first-order valence-electron chi connectivity index (χ1n) is 31.7. The van der Waals surface area contributed by atoms with Gasteiger partial charge in [-0.15, -0.1) is 0 Å². The van der Waals surface area contributed by atoms with Gasteiger partial charge in [0.05, 0.1) is 143 Å². The van der Waals surface area contributed by atoms with E-state index in [-0.39, 0.29) is 0 Å². The van der Waals surface area contributed by atoms with Crippen molar-refractivity contribution < 1.29 is 33.2 Å². The molecule has 0 aliphatic heterocycles. The number of aryl methyl sites for hydroxylation is 2. The Balaban J connectivity index is 0.000000137. The summed E-state index contributed by atoms with van der Waals surface area (Å²) in [6.45, 7) is 6.18. The number of ether oxygens (including phenoxy) is 7. The van der Waals surface area contributed by atoms with Crippen molar-refractivity contribution in [3.63, 3.8) is 0 Å². The van der Waals surface area contributed by atoms with E-state index in [4.69, 9.17) is 48.1 Å². The molecule has 95 heavy (non-hydrogen) atoms. The van der Waals surface area contributed by atoms with Crippen molar-refractivity contribution in [2.24, 2.45) is 25.9 Å². The van der Waals surface area contributed by atoms with E-state index in [1.54, 1.807) is 83.9 Å². The van der Waals surface area contributed by atoms with Crippen LogP contribution in [0.5, 0.6) is 34.5 Å². The lowest BCUT2D eigenvalue weighted by Crippen LogP contribution is -2.20. The summed E-state index contributed by atoms with van der Waals surface area (Å²) in [4.78, 5) is 35.3. The smallest absolute Gasteiger partial charge is 0.124 e. The van der Waals surface area contributed by atoms with Gasteiger partial charge in [0.15, 0.2) is 0 Å². The largest absolute Gasteiger partial charge is 0.497 e. The molecule has 0 bridgehead atoms. The van der Waals surface area contributed by atoms with Crippen molar-refractivity contribution in [1.29, 1.82) is 0 Å². The minimum absolute atomic E-state index is 0.611. The fourth-order valence-electron chi connectivity index (χ4n) is 11.1. The molecule has 6 aromatic heterocycles. The predicted molar refractivity (Wildman–Crippen MR) is 372 cm³/mol. The lowest BCUT2D eigenvalue weighted by Gasteiger charge is -2.26. The Bertz CT molecular complexity index is 4540. The van der Waals surface area contributed by atoms with E-state index < -0.39 is 0 Å². The average molecular weight is 1280 g/mol. The molecule has 6 aromatic carbocycles. The summed E-state index contributed by atoms with van der Waals surface area (Å²) in [5.74, 6) is 5.97. The summed E-state index contributed by atoms with van der Waals surface area (Å²) in [6.07, 6.45) is 22.7. The van der Waals surface area contributed by atoms with Crippen LogP contribution in [0.2, 0.25) is 0 Å². The molecular weight excluding hydrogens is 1200 g/mol. The SMILES string of the molecule is CCCN(c1cc(OC)cc(OC)c1)c1ccc2ncc(-c3cnn(C)c3)nc2c1.COCCn1cc(-c2cnc3ccc(N(CC4CC4)c4cc(OC)cc(OC)c4)cc3n2)cn1.COc1cc(OC)cc(N(CC2CC2)c2ccc3ncc(-c4cnn(C)c4)nc3c2)c1. The number of rotatable bonds is 24. The first-order chi connectivity index (χ1) is 46.4. The molecule has 0 N–H and O–H groups in total. The maximum atomic E-state index is 5.52. The molecule has 2 aliphatic carbocycles. The van der Waals surface area contributed by atoms with Crippen molar-refractivity contribution in [1.82, 2.24) is 59.2 Å². The van der Waals surface area contributed by atoms with Crippen molar-refractivity contribution in [3.05, 3.63) is 165 Å². The summed E-state index contributed by atoms with van der Waals surface area (Å²) in [5, 5.41) is 12.9. The van der Waals surface area contributed by atoms with Crippen LogP contribution < -0.4 is 43.1 Å². The third kappa shape index (κ3) is 15.6. The zero-order valence-corrected chi connectivity index (χ0v) is 55.4. The lowest BCUT2D eigenvalue weighted by atomic mass is 10.1. The van der Waals surface area contributed by atoms with Gasteiger partial charge in [-0.25, -0.2) is 15.0 Å². The van der Waals surface area contributed by atoms with Crippen molar-refractivity contribution in [2.75, 3.05) is 90.7 Å². The summed E-state index contributed by atoms with van der Waals surface area (Å²) in [7, 11) is 15.5. The Labute approximate surface area is 552 Å². The van der Waals surface area contributed by atoms with Crippen LogP contribution in [0.15, 0.2) is 165 Å². The average Bonchev–Trinajstić information content (AvgIpc) is 1.52. The van der Waals surface area contributed by atoms with Gasteiger partial charge in [-0.1, -0.05) is 6.92 Å². The van der Waals surface area contributed by atoms with E-state index in [1.165, 1.54) is 25.7 Å². The molecular formula is C73H79N15O7. The van der Waals surface area contributed by atoms with E-state index in [0.29, 0.717) is 25.0 Å². The second-order valence-corrected chi connectivity index (χ2v) is 23.5. The van der Waals surface area contributed by atoms with E-state index >= 15 is 0 Å². The zero-order valence-electron chi connectivity index (χ0n) is 55.4. The number of anilines is 6. The highest BCUT2D eigenvalue weighted by Gasteiger charge is 2.28. The molecule has 0 radical (unpaired) electrons. The first-order valence-corrected chi connectivity index (χ1v) is 31.7. The topological polar surface area (TPSA) is 205 Å². The van der Waals surface area contributed by atoms with Crippen LogP contribution in [0, 0.1) is 11.8 Å². The molecule has 22 nitrogen and oxygen atoms in total. The van der Waals surface area contributed by atoms with E-state index in [1.807, 2.05) is 123 Å². The van der Waals surface area contributed by atoms with Gasteiger partial charge in [-0.2, -0.15) is 15.3 Å². The van der Waals surface area contributed by atoms with Crippen LogP contribution in [-0.2, 0) is 25.4 Å². The quantitative estimate of drug-likeness (QED) is 0.0551.